The SMILES string of the molecule is CC(C)OCC1CCN(CCS(C)(=O)=O)CC1. The number of hydrogen-bond donors (Lipinski definition) is 0. The molecule has 0 bridgehead atoms. The maximum atomic E-state index is 11.1. The Bertz CT molecular complexity index is 306. The largest absolute Gasteiger partial charge is 0.379 e. The fraction of sp³-hybridized carbons (Fsp3) is 1.00. The van der Waals surface area contributed by atoms with E-state index in [1.54, 1.807) is 0 Å². The Morgan fingerprint density at radius 2 is 1.88 bits per heavy atom. The van der Waals surface area contributed by atoms with E-state index in [9.17, 15) is 8.42 Å². The van der Waals surface area contributed by atoms with E-state index in [1.807, 2.05) is 0 Å². The summed E-state index contributed by atoms with van der Waals surface area (Å²) in [7, 11) is -2.82. The molecule has 1 heterocycles. The van der Waals surface area contributed by atoms with Crippen molar-refractivity contribution in [2.24, 2.45) is 5.92 Å². The minimum Gasteiger partial charge on any atom is -0.379 e. The molecule has 0 aromatic heterocycles. The van der Waals surface area contributed by atoms with E-state index in [2.05, 4.69) is 18.7 Å². The quantitative estimate of drug-likeness (QED) is 0.721. The van der Waals surface area contributed by atoms with E-state index >= 15 is 0 Å². The molecule has 0 spiro atoms. The van der Waals surface area contributed by atoms with Crippen molar-refractivity contribution in [3.8, 4) is 0 Å². The molecule has 0 N–H and O–H groups in total. The molecule has 0 aromatic carbocycles. The number of rotatable bonds is 6. The van der Waals surface area contributed by atoms with E-state index in [0.29, 0.717) is 18.6 Å². The maximum absolute atomic E-state index is 11.1. The Morgan fingerprint density at radius 3 is 2.35 bits per heavy atom. The minimum absolute atomic E-state index is 0.278. The first kappa shape index (κ1) is 14.9. The van der Waals surface area contributed by atoms with Crippen molar-refractivity contribution >= 4 is 9.84 Å². The molecule has 0 saturated carbocycles. The van der Waals surface area contributed by atoms with Gasteiger partial charge in [0, 0.05) is 19.4 Å². The number of ether oxygens (including phenoxy) is 1. The summed E-state index contributed by atoms with van der Waals surface area (Å²) < 4.78 is 27.8. The Balaban J connectivity index is 2.17. The molecule has 17 heavy (non-hydrogen) atoms. The standard InChI is InChI=1S/C12H25NO3S/c1-11(2)16-10-12-4-6-13(7-5-12)8-9-17(3,14)15/h11-12H,4-10H2,1-3H3. The first-order valence-corrected chi connectivity index (χ1v) is 8.44. The van der Waals surface area contributed by atoms with Crippen LogP contribution in [0.2, 0.25) is 0 Å². The summed E-state index contributed by atoms with van der Waals surface area (Å²) in [6.07, 6.45) is 3.85. The fourth-order valence-electron chi connectivity index (χ4n) is 2.00. The molecule has 1 saturated heterocycles. The van der Waals surface area contributed by atoms with Crippen molar-refractivity contribution in [1.29, 1.82) is 0 Å². The molecule has 5 heteroatoms. The Kier molecular flexibility index (Phi) is 5.89. The average molecular weight is 263 g/mol. The van der Waals surface area contributed by atoms with Gasteiger partial charge in [0.25, 0.3) is 0 Å². The molecule has 1 aliphatic rings. The zero-order chi connectivity index (χ0) is 12.9. The third-order valence-electron chi connectivity index (χ3n) is 3.15. The molecule has 1 rings (SSSR count). The molecule has 4 nitrogen and oxygen atoms in total. The topological polar surface area (TPSA) is 46.6 Å². The van der Waals surface area contributed by atoms with Gasteiger partial charge in [0.2, 0.25) is 0 Å². The minimum atomic E-state index is -2.82. The van der Waals surface area contributed by atoms with Crippen LogP contribution < -0.4 is 0 Å². The molecule has 1 fully saturated rings. The van der Waals surface area contributed by atoms with Gasteiger partial charge in [-0.25, -0.2) is 8.42 Å². The highest BCUT2D eigenvalue weighted by Gasteiger charge is 2.20. The lowest BCUT2D eigenvalue weighted by molar-refractivity contribution is 0.0313. The van der Waals surface area contributed by atoms with Crippen molar-refractivity contribution in [3.63, 3.8) is 0 Å². The van der Waals surface area contributed by atoms with Crippen LogP contribution in [0.3, 0.4) is 0 Å². The highest BCUT2D eigenvalue weighted by atomic mass is 32.2. The summed E-state index contributed by atoms with van der Waals surface area (Å²) in [5, 5.41) is 0. The van der Waals surface area contributed by atoms with Gasteiger partial charge in [0.15, 0.2) is 0 Å². The number of hydrogen-bond acceptors (Lipinski definition) is 4. The zero-order valence-electron chi connectivity index (χ0n) is 11.2. The predicted octanol–water partition coefficient (Wildman–Crippen LogP) is 1.17. The van der Waals surface area contributed by atoms with Crippen LogP contribution in [-0.4, -0.2) is 57.7 Å². The van der Waals surface area contributed by atoms with Gasteiger partial charge in [-0.1, -0.05) is 0 Å². The first-order chi connectivity index (χ1) is 7.87. The fourth-order valence-corrected chi connectivity index (χ4v) is 2.59. The van der Waals surface area contributed by atoms with Gasteiger partial charge < -0.3 is 9.64 Å². The van der Waals surface area contributed by atoms with Crippen LogP contribution in [0.1, 0.15) is 26.7 Å². The van der Waals surface area contributed by atoms with Crippen molar-refractivity contribution in [2.75, 3.05) is 38.2 Å². The lowest BCUT2D eigenvalue weighted by Gasteiger charge is -2.31. The summed E-state index contributed by atoms with van der Waals surface area (Å²) in [4.78, 5) is 2.24. The van der Waals surface area contributed by atoms with Gasteiger partial charge in [-0.15, -0.1) is 0 Å². The molecule has 0 radical (unpaired) electrons. The molecule has 0 aromatic rings. The normalized spacial score (nSPS) is 20.0. The second kappa shape index (κ2) is 6.71. The summed E-state index contributed by atoms with van der Waals surface area (Å²) >= 11 is 0. The lowest BCUT2D eigenvalue weighted by atomic mass is 9.98. The Morgan fingerprint density at radius 1 is 1.29 bits per heavy atom. The van der Waals surface area contributed by atoms with Gasteiger partial charge in [-0.05, 0) is 45.7 Å². The van der Waals surface area contributed by atoms with Crippen LogP contribution in [0.15, 0.2) is 0 Å². The van der Waals surface area contributed by atoms with E-state index in [-0.39, 0.29) is 5.75 Å². The maximum Gasteiger partial charge on any atom is 0.148 e. The van der Waals surface area contributed by atoms with Crippen molar-refractivity contribution in [1.82, 2.24) is 4.90 Å². The Labute approximate surface area is 105 Å². The van der Waals surface area contributed by atoms with Crippen LogP contribution in [-0.2, 0) is 14.6 Å². The van der Waals surface area contributed by atoms with Crippen LogP contribution in [0, 0.1) is 5.92 Å². The highest BCUT2D eigenvalue weighted by Crippen LogP contribution is 2.17. The highest BCUT2D eigenvalue weighted by molar-refractivity contribution is 7.90. The smallest absolute Gasteiger partial charge is 0.148 e. The van der Waals surface area contributed by atoms with E-state index < -0.39 is 9.84 Å². The summed E-state index contributed by atoms with van der Waals surface area (Å²) in [5.41, 5.74) is 0. The Hall–Kier alpha value is -0.130. The van der Waals surface area contributed by atoms with Gasteiger partial charge >= 0.3 is 0 Å². The predicted molar refractivity (Wildman–Crippen MR) is 70.0 cm³/mol. The van der Waals surface area contributed by atoms with Gasteiger partial charge in [0.05, 0.1) is 11.9 Å². The van der Waals surface area contributed by atoms with E-state index in [1.165, 1.54) is 6.26 Å². The van der Waals surface area contributed by atoms with Crippen LogP contribution in [0.4, 0.5) is 0 Å². The van der Waals surface area contributed by atoms with Crippen molar-refractivity contribution in [2.45, 2.75) is 32.8 Å². The molecular formula is C12H25NO3S. The third-order valence-corrected chi connectivity index (χ3v) is 4.07. The second-order valence-corrected chi connectivity index (χ2v) is 7.56. The number of nitrogens with zero attached hydrogens (tertiary/aromatic N) is 1. The molecule has 102 valence electrons. The lowest BCUT2D eigenvalue weighted by Crippen LogP contribution is -2.38. The van der Waals surface area contributed by atoms with Crippen molar-refractivity contribution in [3.05, 3.63) is 0 Å². The van der Waals surface area contributed by atoms with Gasteiger partial charge in [-0.3, -0.25) is 0 Å². The van der Waals surface area contributed by atoms with Crippen LogP contribution in [0.25, 0.3) is 0 Å². The summed E-state index contributed by atoms with van der Waals surface area (Å²) in [6, 6.07) is 0. The zero-order valence-corrected chi connectivity index (χ0v) is 12.0. The van der Waals surface area contributed by atoms with E-state index in [0.717, 1.165) is 32.5 Å². The second-order valence-electron chi connectivity index (χ2n) is 5.30. The number of sulfone groups is 1. The molecule has 0 atom stereocenters. The average Bonchev–Trinajstić information content (AvgIpc) is 2.24. The monoisotopic (exact) mass is 263 g/mol. The van der Waals surface area contributed by atoms with Crippen molar-refractivity contribution < 1.29 is 13.2 Å². The van der Waals surface area contributed by atoms with Gasteiger partial charge in [-0.2, -0.15) is 0 Å². The summed E-state index contributed by atoms with van der Waals surface area (Å²) in [5.74, 6) is 0.923. The van der Waals surface area contributed by atoms with E-state index in [4.69, 9.17) is 4.74 Å². The molecule has 0 aliphatic carbocycles. The molecule has 1 aliphatic heterocycles. The number of likely N-dealkylation sites (tertiary alicyclic amines) is 1. The third kappa shape index (κ3) is 7.01. The summed E-state index contributed by atoms with van der Waals surface area (Å²) in [6.45, 7) is 7.64. The molecule has 0 amide bonds. The van der Waals surface area contributed by atoms with Crippen LogP contribution >= 0.6 is 0 Å². The number of piperidine rings is 1. The molecular weight excluding hydrogens is 238 g/mol. The first-order valence-electron chi connectivity index (χ1n) is 6.38. The van der Waals surface area contributed by atoms with Crippen LogP contribution in [0.5, 0.6) is 0 Å². The van der Waals surface area contributed by atoms with Gasteiger partial charge in [0.1, 0.15) is 9.84 Å². The molecule has 0 unspecified atom stereocenters.